The third kappa shape index (κ3) is 4.99. The van der Waals surface area contributed by atoms with Crippen LogP contribution in [0.25, 0.3) is 10.9 Å². The maximum atomic E-state index is 11.4. The highest BCUT2D eigenvalue weighted by atomic mass is 16.5. The fourth-order valence-electron chi connectivity index (χ4n) is 3.35. The molecule has 1 aromatic heterocycles. The Labute approximate surface area is 179 Å². The van der Waals surface area contributed by atoms with E-state index in [0.717, 1.165) is 16.6 Å². The van der Waals surface area contributed by atoms with Gasteiger partial charge in [0.1, 0.15) is 12.4 Å². The van der Waals surface area contributed by atoms with Crippen LogP contribution in [-0.4, -0.2) is 27.3 Å². The monoisotopic (exact) mass is 414 g/mol. The number of benzene rings is 3. The summed E-state index contributed by atoms with van der Waals surface area (Å²) in [5, 5.41) is 23.7. The van der Waals surface area contributed by atoms with E-state index in [9.17, 15) is 15.0 Å². The van der Waals surface area contributed by atoms with Crippen LogP contribution in [0, 0.1) is 0 Å². The van der Waals surface area contributed by atoms with Gasteiger partial charge in [0.2, 0.25) is 0 Å². The molecule has 6 heteroatoms. The number of aliphatic hydroxyl groups excluding tert-OH is 1. The van der Waals surface area contributed by atoms with Crippen LogP contribution >= 0.6 is 0 Å². The molecule has 2 atom stereocenters. The normalized spacial score (nSPS) is 12.8. The topological polar surface area (TPSA) is 91.7 Å². The molecule has 4 aromatic rings. The van der Waals surface area contributed by atoms with Crippen LogP contribution in [0.15, 0.2) is 91.0 Å². The second-order valence-corrected chi connectivity index (χ2v) is 7.13. The largest absolute Gasteiger partial charge is 0.487 e. The van der Waals surface area contributed by atoms with Crippen molar-refractivity contribution >= 4 is 22.6 Å². The number of aromatic nitrogens is 1. The zero-order valence-corrected chi connectivity index (χ0v) is 16.7. The van der Waals surface area contributed by atoms with Crippen molar-refractivity contribution in [3.63, 3.8) is 0 Å². The van der Waals surface area contributed by atoms with Crippen LogP contribution in [0.3, 0.4) is 0 Å². The van der Waals surface area contributed by atoms with Gasteiger partial charge in [0, 0.05) is 17.1 Å². The zero-order valence-electron chi connectivity index (χ0n) is 16.7. The van der Waals surface area contributed by atoms with Crippen molar-refractivity contribution in [3.8, 4) is 5.75 Å². The number of nitrogens with one attached hydrogen (secondary N) is 1. The summed E-state index contributed by atoms with van der Waals surface area (Å²) in [6, 6.07) is 27.2. The molecule has 0 fully saturated rings. The Morgan fingerprint density at radius 1 is 0.935 bits per heavy atom. The van der Waals surface area contributed by atoms with Crippen molar-refractivity contribution in [3.05, 3.63) is 102 Å². The van der Waals surface area contributed by atoms with Gasteiger partial charge < -0.3 is 20.3 Å². The summed E-state index contributed by atoms with van der Waals surface area (Å²) in [4.78, 5) is 16.0. The average Bonchev–Trinajstić information content (AvgIpc) is 2.81. The Morgan fingerprint density at radius 2 is 1.71 bits per heavy atom. The number of carbonyl (C=O) groups is 1. The average molecular weight is 414 g/mol. The number of para-hydroxylation sites is 1. The van der Waals surface area contributed by atoms with E-state index < -0.39 is 18.1 Å². The Morgan fingerprint density at radius 3 is 2.52 bits per heavy atom. The summed E-state index contributed by atoms with van der Waals surface area (Å²) < 4.78 is 5.90. The standard InChI is InChI=1S/C25H22N2O4/c28-24(25(29)30)23(18-8-2-1-3-9-18)27-19-10-6-11-21(15-19)31-16-20-14-13-17-7-4-5-12-22(17)26-20/h1-15,23-24,27-28H,16H2,(H,29,30)/t23?,24-/m1/s1. The van der Waals surface area contributed by atoms with E-state index in [1.807, 2.05) is 48.5 Å². The molecule has 0 aliphatic carbocycles. The van der Waals surface area contributed by atoms with Crippen molar-refractivity contribution in [1.29, 1.82) is 0 Å². The van der Waals surface area contributed by atoms with Crippen LogP contribution < -0.4 is 10.1 Å². The number of aliphatic carboxylic acids is 1. The van der Waals surface area contributed by atoms with Crippen LogP contribution in [0.2, 0.25) is 0 Å². The van der Waals surface area contributed by atoms with Gasteiger partial charge in [0.15, 0.2) is 6.10 Å². The molecule has 0 aliphatic heterocycles. The van der Waals surface area contributed by atoms with Crippen molar-refractivity contribution in [2.75, 3.05) is 5.32 Å². The molecular formula is C25H22N2O4. The van der Waals surface area contributed by atoms with Gasteiger partial charge in [-0.05, 0) is 29.8 Å². The molecule has 0 saturated heterocycles. The van der Waals surface area contributed by atoms with Crippen molar-refractivity contribution in [2.45, 2.75) is 18.8 Å². The quantitative estimate of drug-likeness (QED) is 0.396. The van der Waals surface area contributed by atoms with Crippen molar-refractivity contribution < 1.29 is 19.7 Å². The number of carboxylic acid groups (broad SMARTS) is 1. The smallest absolute Gasteiger partial charge is 0.335 e. The maximum absolute atomic E-state index is 11.4. The van der Waals surface area contributed by atoms with Crippen molar-refractivity contribution in [2.24, 2.45) is 0 Å². The molecule has 6 nitrogen and oxygen atoms in total. The molecule has 4 rings (SSSR count). The molecule has 0 bridgehead atoms. The van der Waals surface area contributed by atoms with Gasteiger partial charge in [0.25, 0.3) is 0 Å². The molecular weight excluding hydrogens is 392 g/mol. The van der Waals surface area contributed by atoms with Gasteiger partial charge in [-0.25, -0.2) is 9.78 Å². The first kappa shape index (κ1) is 20.4. The van der Waals surface area contributed by atoms with E-state index in [4.69, 9.17) is 4.74 Å². The SMILES string of the molecule is O=C(O)[C@H](O)C(Nc1cccc(OCc2ccc3ccccc3n2)c1)c1ccccc1. The molecule has 0 amide bonds. The molecule has 3 N–H and O–H groups in total. The molecule has 0 saturated carbocycles. The number of pyridine rings is 1. The summed E-state index contributed by atoms with van der Waals surface area (Å²) in [5.74, 6) is -0.687. The third-order valence-corrected chi connectivity index (χ3v) is 4.93. The number of carboxylic acids is 1. The number of fused-ring (bicyclic) bond motifs is 1. The number of rotatable bonds is 8. The minimum absolute atomic E-state index is 0.300. The second kappa shape index (κ2) is 9.28. The summed E-state index contributed by atoms with van der Waals surface area (Å²) in [5.41, 5.74) is 3.02. The minimum atomic E-state index is -1.60. The lowest BCUT2D eigenvalue weighted by Gasteiger charge is -2.23. The summed E-state index contributed by atoms with van der Waals surface area (Å²) in [7, 11) is 0. The van der Waals surface area contributed by atoms with E-state index >= 15 is 0 Å². The number of ether oxygens (including phenoxy) is 1. The highest BCUT2D eigenvalue weighted by molar-refractivity contribution is 5.78. The van der Waals surface area contributed by atoms with E-state index in [-0.39, 0.29) is 0 Å². The van der Waals surface area contributed by atoms with Crippen LogP contribution in [0.5, 0.6) is 5.75 Å². The van der Waals surface area contributed by atoms with Gasteiger partial charge in [-0.15, -0.1) is 0 Å². The van der Waals surface area contributed by atoms with Crippen LogP contribution in [0.4, 0.5) is 5.69 Å². The predicted octanol–water partition coefficient (Wildman–Crippen LogP) is 4.41. The zero-order chi connectivity index (χ0) is 21.6. The van der Waals surface area contributed by atoms with Gasteiger partial charge in [-0.2, -0.15) is 0 Å². The molecule has 0 spiro atoms. The predicted molar refractivity (Wildman–Crippen MR) is 119 cm³/mol. The van der Waals surface area contributed by atoms with Gasteiger partial charge in [0.05, 0.1) is 17.3 Å². The summed E-state index contributed by atoms with van der Waals surface area (Å²) >= 11 is 0. The Hall–Kier alpha value is -3.90. The molecule has 1 heterocycles. The van der Waals surface area contributed by atoms with E-state index in [2.05, 4.69) is 10.3 Å². The minimum Gasteiger partial charge on any atom is -0.487 e. The van der Waals surface area contributed by atoms with E-state index in [0.29, 0.717) is 23.6 Å². The second-order valence-electron chi connectivity index (χ2n) is 7.13. The van der Waals surface area contributed by atoms with Crippen LogP contribution in [0.1, 0.15) is 17.3 Å². The highest BCUT2D eigenvalue weighted by Crippen LogP contribution is 2.26. The lowest BCUT2D eigenvalue weighted by atomic mass is 10.0. The first-order chi connectivity index (χ1) is 15.1. The number of hydrogen-bond acceptors (Lipinski definition) is 5. The van der Waals surface area contributed by atoms with Crippen LogP contribution in [-0.2, 0) is 11.4 Å². The van der Waals surface area contributed by atoms with E-state index in [1.54, 1.807) is 42.5 Å². The number of aliphatic hydroxyl groups is 1. The van der Waals surface area contributed by atoms with E-state index in [1.165, 1.54) is 0 Å². The Balaban J connectivity index is 1.49. The van der Waals surface area contributed by atoms with Gasteiger partial charge >= 0.3 is 5.97 Å². The first-order valence-electron chi connectivity index (χ1n) is 9.90. The Bertz CT molecular complexity index is 1180. The summed E-state index contributed by atoms with van der Waals surface area (Å²) in [6.45, 7) is 0.300. The molecule has 1 unspecified atom stereocenters. The lowest BCUT2D eigenvalue weighted by Crippen LogP contribution is -2.32. The first-order valence-corrected chi connectivity index (χ1v) is 9.90. The molecule has 31 heavy (non-hydrogen) atoms. The molecule has 156 valence electrons. The maximum Gasteiger partial charge on any atom is 0.335 e. The van der Waals surface area contributed by atoms with Gasteiger partial charge in [-0.1, -0.05) is 60.7 Å². The fourth-order valence-corrected chi connectivity index (χ4v) is 3.35. The Kier molecular flexibility index (Phi) is 6.10. The lowest BCUT2D eigenvalue weighted by molar-refractivity contribution is -0.147. The highest BCUT2D eigenvalue weighted by Gasteiger charge is 2.27. The number of anilines is 1. The fraction of sp³-hybridized carbons (Fsp3) is 0.120. The third-order valence-electron chi connectivity index (χ3n) is 4.93. The number of hydrogen-bond donors (Lipinski definition) is 3. The summed E-state index contributed by atoms with van der Waals surface area (Å²) in [6.07, 6.45) is -1.60. The van der Waals surface area contributed by atoms with Gasteiger partial charge in [-0.3, -0.25) is 0 Å². The molecule has 3 aromatic carbocycles. The van der Waals surface area contributed by atoms with Crippen molar-refractivity contribution in [1.82, 2.24) is 4.98 Å². The molecule has 0 aliphatic rings. The number of nitrogens with zero attached hydrogens (tertiary/aromatic N) is 1. The molecule has 0 radical (unpaired) electrons.